The van der Waals surface area contributed by atoms with Crippen molar-refractivity contribution in [3.8, 4) is 0 Å². The van der Waals surface area contributed by atoms with Crippen LogP contribution >= 0.6 is 0 Å². The molecule has 1 aliphatic heterocycles. The van der Waals surface area contributed by atoms with Gasteiger partial charge in [0.1, 0.15) is 0 Å². The molecular formula is C8H10NO4-. The molecule has 1 heterocycles. The second-order valence-electron chi connectivity index (χ2n) is 2.91. The molecule has 5 nitrogen and oxygen atoms in total. The first kappa shape index (κ1) is 9.73. The van der Waals surface area contributed by atoms with Crippen LogP contribution in [0.2, 0.25) is 0 Å². The number of nitrogens with zero attached hydrogens (tertiary/aromatic N) is 1. The van der Waals surface area contributed by atoms with Gasteiger partial charge >= 0.3 is 5.97 Å². The molecule has 1 unspecified atom stereocenters. The molecule has 1 saturated heterocycles. The van der Waals surface area contributed by atoms with E-state index in [1.807, 2.05) is 0 Å². The molecular weight excluding hydrogens is 174 g/mol. The lowest BCUT2D eigenvalue weighted by Crippen LogP contribution is -2.49. The van der Waals surface area contributed by atoms with Gasteiger partial charge in [-0.25, -0.2) is 0 Å². The number of rotatable bonds is 2. The molecule has 0 N–H and O–H groups in total. The Bertz CT molecular complexity index is 271. The summed E-state index contributed by atoms with van der Waals surface area (Å²) in [7, 11) is 0. The predicted octanol–water partition coefficient (Wildman–Crippen LogP) is 0.552. The number of hydrogen-bond acceptors (Lipinski definition) is 4. The fourth-order valence-corrected chi connectivity index (χ4v) is 1.00. The minimum atomic E-state index is -0.452. The fraction of sp³-hybridized carbons (Fsp3) is 0.500. The summed E-state index contributed by atoms with van der Waals surface area (Å²) in [5, 5.41) is 11.2. The van der Waals surface area contributed by atoms with Crippen LogP contribution in [0.3, 0.4) is 0 Å². The van der Waals surface area contributed by atoms with Crippen molar-refractivity contribution in [2.24, 2.45) is 0 Å². The molecule has 0 aromatic heterocycles. The lowest BCUT2D eigenvalue weighted by Gasteiger charge is -2.46. The SMILES string of the molecule is CC(=O)OC=C(C)C1CC(=O)N1[O-]. The lowest BCUT2D eigenvalue weighted by atomic mass is 9.99. The number of esters is 1. The normalized spacial score (nSPS) is 22.7. The summed E-state index contributed by atoms with van der Waals surface area (Å²) in [6.45, 7) is 2.91. The fourth-order valence-electron chi connectivity index (χ4n) is 1.00. The van der Waals surface area contributed by atoms with Crippen molar-refractivity contribution in [2.45, 2.75) is 26.3 Å². The van der Waals surface area contributed by atoms with E-state index in [4.69, 9.17) is 0 Å². The van der Waals surface area contributed by atoms with Gasteiger partial charge in [0.25, 0.3) is 0 Å². The van der Waals surface area contributed by atoms with Crippen molar-refractivity contribution in [3.63, 3.8) is 0 Å². The molecule has 72 valence electrons. The van der Waals surface area contributed by atoms with Crippen molar-refractivity contribution >= 4 is 11.9 Å². The smallest absolute Gasteiger partial charge is 0.307 e. The van der Waals surface area contributed by atoms with Crippen LogP contribution in [0.4, 0.5) is 0 Å². The topological polar surface area (TPSA) is 69.7 Å². The maximum atomic E-state index is 10.8. The molecule has 0 radical (unpaired) electrons. The number of hydroxylamine groups is 2. The monoisotopic (exact) mass is 184 g/mol. The molecule has 1 amide bonds. The summed E-state index contributed by atoms with van der Waals surface area (Å²) in [6.07, 6.45) is 1.41. The van der Waals surface area contributed by atoms with Gasteiger partial charge in [0, 0.05) is 13.3 Å². The predicted molar refractivity (Wildman–Crippen MR) is 44.1 cm³/mol. The zero-order valence-electron chi connectivity index (χ0n) is 7.44. The van der Waals surface area contributed by atoms with Gasteiger partial charge in [-0.1, -0.05) is 0 Å². The second kappa shape index (κ2) is 3.57. The summed E-state index contributed by atoms with van der Waals surface area (Å²) >= 11 is 0. The molecule has 0 saturated carbocycles. The van der Waals surface area contributed by atoms with Crippen molar-refractivity contribution < 1.29 is 14.3 Å². The Kier molecular flexibility index (Phi) is 2.67. The molecule has 1 rings (SSSR count). The Morgan fingerprint density at radius 2 is 2.31 bits per heavy atom. The van der Waals surface area contributed by atoms with Crippen LogP contribution in [0.25, 0.3) is 0 Å². The Hall–Kier alpha value is -1.36. The van der Waals surface area contributed by atoms with Crippen LogP contribution < -0.4 is 0 Å². The summed E-state index contributed by atoms with van der Waals surface area (Å²) in [4.78, 5) is 21.0. The van der Waals surface area contributed by atoms with Gasteiger partial charge < -0.3 is 15.0 Å². The zero-order valence-corrected chi connectivity index (χ0v) is 7.44. The van der Waals surface area contributed by atoms with Crippen molar-refractivity contribution in [1.29, 1.82) is 0 Å². The number of ether oxygens (including phenoxy) is 1. The minimum Gasteiger partial charge on any atom is -0.756 e. The quantitative estimate of drug-likeness (QED) is 0.357. The average molecular weight is 184 g/mol. The molecule has 0 spiro atoms. The lowest BCUT2D eigenvalue weighted by molar-refractivity contribution is -0.139. The van der Waals surface area contributed by atoms with Crippen LogP contribution in [-0.2, 0) is 14.3 Å². The zero-order chi connectivity index (χ0) is 10.0. The number of carbonyl (C=O) groups excluding carboxylic acids is 2. The summed E-state index contributed by atoms with van der Waals surface area (Å²) in [5.74, 6) is -0.872. The van der Waals surface area contributed by atoms with E-state index < -0.39 is 17.9 Å². The molecule has 0 aliphatic carbocycles. The summed E-state index contributed by atoms with van der Waals surface area (Å²) in [5.41, 5.74) is 0.588. The first-order chi connectivity index (χ1) is 6.02. The van der Waals surface area contributed by atoms with E-state index >= 15 is 0 Å². The minimum absolute atomic E-state index is 0.201. The molecule has 0 bridgehead atoms. The third kappa shape index (κ3) is 2.06. The van der Waals surface area contributed by atoms with E-state index in [0.717, 1.165) is 0 Å². The highest BCUT2D eigenvalue weighted by Crippen LogP contribution is 2.23. The largest absolute Gasteiger partial charge is 0.756 e. The molecule has 1 atom stereocenters. The number of hydrogen-bond donors (Lipinski definition) is 0. The Morgan fingerprint density at radius 1 is 1.69 bits per heavy atom. The molecule has 0 aromatic carbocycles. The van der Waals surface area contributed by atoms with Crippen LogP contribution in [0.1, 0.15) is 20.3 Å². The standard InChI is InChI=1S/C8H10NO4/c1-5(4-13-6(2)10)7-3-8(11)9(7)12/h4,7H,3H2,1-2H3/q-1. The molecule has 0 aromatic rings. The highest BCUT2D eigenvalue weighted by Gasteiger charge is 2.30. The van der Waals surface area contributed by atoms with Crippen LogP contribution in [0.15, 0.2) is 11.8 Å². The van der Waals surface area contributed by atoms with Crippen LogP contribution in [-0.4, -0.2) is 23.0 Å². The van der Waals surface area contributed by atoms with Crippen molar-refractivity contribution in [2.75, 3.05) is 0 Å². The van der Waals surface area contributed by atoms with Gasteiger partial charge in [-0.3, -0.25) is 9.59 Å². The highest BCUT2D eigenvalue weighted by atomic mass is 16.5. The number of carbonyl (C=O) groups is 2. The maximum Gasteiger partial charge on any atom is 0.307 e. The van der Waals surface area contributed by atoms with Gasteiger partial charge in [0.2, 0.25) is 5.91 Å². The first-order valence-electron chi connectivity index (χ1n) is 3.85. The van der Waals surface area contributed by atoms with Crippen molar-refractivity contribution in [1.82, 2.24) is 5.06 Å². The summed E-state index contributed by atoms with van der Waals surface area (Å²) < 4.78 is 4.57. The van der Waals surface area contributed by atoms with E-state index in [9.17, 15) is 14.8 Å². The van der Waals surface area contributed by atoms with Crippen LogP contribution in [0, 0.1) is 5.21 Å². The highest BCUT2D eigenvalue weighted by molar-refractivity contribution is 5.84. The van der Waals surface area contributed by atoms with E-state index in [0.29, 0.717) is 10.6 Å². The molecule has 1 aliphatic rings. The Labute approximate surface area is 75.5 Å². The Morgan fingerprint density at radius 3 is 2.69 bits per heavy atom. The maximum absolute atomic E-state index is 10.8. The van der Waals surface area contributed by atoms with Crippen LogP contribution in [0.5, 0.6) is 0 Å². The van der Waals surface area contributed by atoms with Gasteiger partial charge in [0.05, 0.1) is 12.3 Å². The number of β-lactam (4-membered cyclic amide) rings is 1. The summed E-state index contributed by atoms with van der Waals surface area (Å²) in [6, 6.07) is -0.452. The average Bonchev–Trinajstić information content (AvgIpc) is 2.09. The van der Waals surface area contributed by atoms with Gasteiger partial charge in [-0.2, -0.15) is 0 Å². The van der Waals surface area contributed by atoms with E-state index in [-0.39, 0.29) is 6.42 Å². The van der Waals surface area contributed by atoms with Gasteiger partial charge in [-0.05, 0) is 12.5 Å². The second-order valence-corrected chi connectivity index (χ2v) is 2.91. The Balaban J connectivity index is 2.49. The number of amides is 1. The molecule has 5 heteroatoms. The molecule has 13 heavy (non-hydrogen) atoms. The van der Waals surface area contributed by atoms with Crippen molar-refractivity contribution in [3.05, 3.63) is 17.0 Å². The third-order valence-corrected chi connectivity index (χ3v) is 1.83. The third-order valence-electron chi connectivity index (χ3n) is 1.83. The van der Waals surface area contributed by atoms with E-state index in [1.165, 1.54) is 13.2 Å². The van der Waals surface area contributed by atoms with E-state index in [1.54, 1.807) is 6.92 Å². The van der Waals surface area contributed by atoms with Gasteiger partial charge in [-0.15, -0.1) is 0 Å². The van der Waals surface area contributed by atoms with E-state index in [2.05, 4.69) is 4.74 Å². The first-order valence-corrected chi connectivity index (χ1v) is 3.85. The van der Waals surface area contributed by atoms with Gasteiger partial charge in [0.15, 0.2) is 0 Å². The molecule has 1 fully saturated rings.